The molecule has 2 N–H and O–H groups in total. The third-order valence-corrected chi connectivity index (χ3v) is 7.28. The summed E-state index contributed by atoms with van der Waals surface area (Å²) in [7, 11) is -3.01. The molecule has 0 atom stereocenters. The van der Waals surface area contributed by atoms with Crippen molar-refractivity contribution in [3.63, 3.8) is 0 Å². The minimum absolute atomic E-state index is 0.0273. The molecule has 158 valence electrons. The number of anilines is 1. The number of hydrogen-bond donors (Lipinski definition) is 2. The van der Waals surface area contributed by atoms with Crippen molar-refractivity contribution in [3.8, 4) is 5.75 Å². The van der Waals surface area contributed by atoms with E-state index in [2.05, 4.69) is 10.0 Å². The lowest BCUT2D eigenvalue weighted by Gasteiger charge is -2.13. The number of nitrogens with zero attached hydrogens (tertiary/aromatic N) is 1. The average molecular weight is 442 g/mol. The number of aryl methyl sites for hydroxylation is 1. The van der Waals surface area contributed by atoms with Crippen LogP contribution >= 0.6 is 0 Å². The van der Waals surface area contributed by atoms with Crippen LogP contribution in [-0.2, 0) is 24.8 Å². The van der Waals surface area contributed by atoms with E-state index in [9.17, 15) is 21.6 Å². The molecular weight excluding hydrogens is 418 g/mol. The Balaban J connectivity index is 2.05. The van der Waals surface area contributed by atoms with Crippen LogP contribution in [0, 0.1) is 6.92 Å². The van der Waals surface area contributed by atoms with E-state index in [1.807, 2.05) is 0 Å². The Hall–Kier alpha value is -2.47. The number of rotatable bonds is 8. The molecule has 2 rings (SSSR count). The second-order valence-electron chi connectivity index (χ2n) is 6.28. The van der Waals surface area contributed by atoms with E-state index < -0.39 is 26.0 Å². The van der Waals surface area contributed by atoms with Crippen LogP contribution in [0.25, 0.3) is 0 Å². The van der Waals surface area contributed by atoms with Crippen LogP contribution in [-0.4, -0.2) is 54.8 Å². The van der Waals surface area contributed by atoms with E-state index in [1.165, 1.54) is 57.5 Å². The smallest absolute Gasteiger partial charge is 0.262 e. The zero-order valence-electron chi connectivity index (χ0n) is 16.5. The number of hydrogen-bond acceptors (Lipinski definition) is 6. The van der Waals surface area contributed by atoms with Crippen molar-refractivity contribution in [1.29, 1.82) is 0 Å². The molecule has 29 heavy (non-hydrogen) atoms. The van der Waals surface area contributed by atoms with E-state index in [-0.39, 0.29) is 16.4 Å². The lowest BCUT2D eigenvalue weighted by Crippen LogP contribution is -2.22. The number of nitrogens with one attached hydrogen (secondary N) is 2. The number of carbonyl (C=O) groups is 1. The highest BCUT2D eigenvalue weighted by molar-refractivity contribution is 7.89. The molecule has 0 fully saturated rings. The summed E-state index contributed by atoms with van der Waals surface area (Å²) in [6.45, 7) is 1.40. The monoisotopic (exact) mass is 441 g/mol. The highest BCUT2D eigenvalue weighted by atomic mass is 32.2. The fourth-order valence-corrected chi connectivity index (χ4v) is 3.93. The van der Waals surface area contributed by atoms with E-state index in [0.717, 1.165) is 4.31 Å². The van der Waals surface area contributed by atoms with Crippen LogP contribution in [0.2, 0.25) is 0 Å². The normalized spacial score (nSPS) is 12.0. The maximum Gasteiger partial charge on any atom is 0.262 e. The van der Waals surface area contributed by atoms with Crippen molar-refractivity contribution in [3.05, 3.63) is 48.0 Å². The van der Waals surface area contributed by atoms with Gasteiger partial charge in [-0.1, -0.05) is 6.07 Å². The molecule has 0 saturated carbocycles. The molecule has 1 amide bonds. The van der Waals surface area contributed by atoms with Gasteiger partial charge < -0.3 is 10.1 Å². The van der Waals surface area contributed by atoms with Gasteiger partial charge in [-0.2, -0.15) is 0 Å². The lowest BCUT2D eigenvalue weighted by molar-refractivity contribution is -0.118. The minimum Gasteiger partial charge on any atom is -0.484 e. The summed E-state index contributed by atoms with van der Waals surface area (Å²) >= 11 is 0. The van der Waals surface area contributed by atoms with E-state index in [1.54, 1.807) is 13.0 Å². The molecule has 2 aromatic carbocycles. The standard InChI is InChI=1S/C18H23N3O6S2/c1-13-5-8-16(28(23,24)19-2)11-17(13)20-18(22)12-27-14-6-9-15(10-7-14)29(25,26)21(3)4/h5-11,19H,12H2,1-4H3,(H,20,22). The summed E-state index contributed by atoms with van der Waals surface area (Å²) in [5.41, 5.74) is 1.04. The maximum atomic E-state index is 12.2. The Bertz CT molecular complexity index is 1090. The second-order valence-corrected chi connectivity index (χ2v) is 10.3. The summed E-state index contributed by atoms with van der Waals surface area (Å²) in [4.78, 5) is 12.3. The molecular formula is C18H23N3O6S2. The third kappa shape index (κ3) is 5.54. The Morgan fingerprint density at radius 3 is 2.14 bits per heavy atom. The Kier molecular flexibility index (Phi) is 7.01. The first kappa shape index (κ1) is 22.8. The molecule has 0 aliphatic rings. The first-order valence-corrected chi connectivity index (χ1v) is 11.4. The summed E-state index contributed by atoms with van der Waals surface area (Å²) in [6, 6.07) is 10.1. The number of amides is 1. The molecule has 0 unspecified atom stereocenters. The van der Waals surface area contributed by atoms with E-state index in [0.29, 0.717) is 17.0 Å². The Labute approximate surface area is 170 Å². The zero-order chi connectivity index (χ0) is 21.8. The number of carbonyl (C=O) groups excluding carboxylic acids is 1. The van der Waals surface area contributed by atoms with Gasteiger partial charge in [0.05, 0.1) is 9.79 Å². The van der Waals surface area contributed by atoms with E-state index in [4.69, 9.17) is 4.74 Å². The molecule has 0 radical (unpaired) electrons. The van der Waals surface area contributed by atoms with Crippen LogP contribution in [0.4, 0.5) is 5.69 Å². The highest BCUT2D eigenvalue weighted by Gasteiger charge is 2.17. The van der Waals surface area contributed by atoms with Crippen LogP contribution in [0.15, 0.2) is 52.3 Å². The number of ether oxygens (including phenoxy) is 1. The lowest BCUT2D eigenvalue weighted by atomic mass is 10.2. The quantitative estimate of drug-likeness (QED) is 0.634. The SMILES string of the molecule is CNS(=O)(=O)c1ccc(C)c(NC(=O)COc2ccc(S(=O)(=O)N(C)C)cc2)c1. The van der Waals surface area contributed by atoms with Crippen LogP contribution in [0.3, 0.4) is 0 Å². The fraction of sp³-hybridized carbons (Fsp3) is 0.278. The molecule has 0 aliphatic heterocycles. The molecule has 0 bridgehead atoms. The van der Waals surface area contributed by atoms with Gasteiger partial charge in [-0.25, -0.2) is 25.9 Å². The Morgan fingerprint density at radius 2 is 1.59 bits per heavy atom. The predicted octanol–water partition coefficient (Wildman–Crippen LogP) is 1.17. The van der Waals surface area contributed by atoms with Crippen molar-refractivity contribution in [2.24, 2.45) is 0 Å². The van der Waals surface area contributed by atoms with Gasteiger partial charge in [0.25, 0.3) is 5.91 Å². The predicted molar refractivity (Wildman–Crippen MR) is 109 cm³/mol. The molecule has 0 saturated heterocycles. The van der Waals surface area contributed by atoms with Crippen molar-refractivity contribution < 1.29 is 26.4 Å². The molecule has 0 aromatic heterocycles. The van der Waals surface area contributed by atoms with Gasteiger partial charge in [0.2, 0.25) is 20.0 Å². The van der Waals surface area contributed by atoms with Crippen LogP contribution in [0.5, 0.6) is 5.75 Å². The van der Waals surface area contributed by atoms with E-state index >= 15 is 0 Å². The van der Waals surface area contributed by atoms with Gasteiger partial charge in [-0.3, -0.25) is 4.79 Å². The largest absolute Gasteiger partial charge is 0.484 e. The molecule has 0 aliphatic carbocycles. The van der Waals surface area contributed by atoms with Crippen molar-refractivity contribution in [2.45, 2.75) is 16.7 Å². The first-order chi connectivity index (χ1) is 13.5. The molecule has 9 nitrogen and oxygen atoms in total. The first-order valence-electron chi connectivity index (χ1n) is 8.47. The van der Waals surface area contributed by atoms with Gasteiger partial charge in [0, 0.05) is 19.8 Å². The van der Waals surface area contributed by atoms with Crippen LogP contribution in [0.1, 0.15) is 5.56 Å². The summed E-state index contributed by atoms with van der Waals surface area (Å²) in [6.07, 6.45) is 0. The van der Waals surface area contributed by atoms with Crippen molar-refractivity contribution in [2.75, 3.05) is 33.1 Å². The van der Waals surface area contributed by atoms with Crippen molar-refractivity contribution >= 4 is 31.6 Å². The topological polar surface area (TPSA) is 122 Å². The number of sulfonamides is 2. The van der Waals surface area contributed by atoms with Crippen molar-refractivity contribution in [1.82, 2.24) is 9.03 Å². The minimum atomic E-state index is -3.64. The summed E-state index contributed by atoms with van der Waals surface area (Å²) in [5, 5.41) is 2.61. The van der Waals surface area contributed by atoms with Gasteiger partial charge in [0.15, 0.2) is 6.61 Å². The highest BCUT2D eigenvalue weighted by Crippen LogP contribution is 2.21. The number of benzene rings is 2. The van der Waals surface area contributed by atoms with Crippen LogP contribution < -0.4 is 14.8 Å². The average Bonchev–Trinajstić information content (AvgIpc) is 2.68. The molecule has 0 heterocycles. The summed E-state index contributed by atoms with van der Waals surface area (Å²) < 4.78 is 56.6. The van der Waals surface area contributed by atoms with Gasteiger partial charge in [-0.15, -0.1) is 0 Å². The molecule has 2 aromatic rings. The van der Waals surface area contributed by atoms with Gasteiger partial charge in [-0.05, 0) is 55.9 Å². The Morgan fingerprint density at radius 1 is 1.00 bits per heavy atom. The van der Waals surface area contributed by atoms with Gasteiger partial charge in [0.1, 0.15) is 5.75 Å². The maximum absolute atomic E-state index is 12.2. The summed E-state index contributed by atoms with van der Waals surface area (Å²) in [5.74, 6) is -0.168. The molecule has 11 heteroatoms. The zero-order valence-corrected chi connectivity index (χ0v) is 18.1. The molecule has 0 spiro atoms. The van der Waals surface area contributed by atoms with Gasteiger partial charge >= 0.3 is 0 Å². The second kappa shape index (κ2) is 8.91. The fourth-order valence-electron chi connectivity index (χ4n) is 2.27. The third-order valence-electron chi connectivity index (χ3n) is 4.03.